The van der Waals surface area contributed by atoms with Crippen LogP contribution in [0.3, 0.4) is 0 Å². The van der Waals surface area contributed by atoms with Crippen LogP contribution in [0.2, 0.25) is 0 Å². The fourth-order valence-electron chi connectivity index (χ4n) is 2.23. The van der Waals surface area contributed by atoms with Crippen molar-refractivity contribution in [2.24, 2.45) is 0 Å². The Bertz CT molecular complexity index is 433. The lowest BCUT2D eigenvalue weighted by Gasteiger charge is -2.23. The molecule has 0 unspecified atom stereocenters. The monoisotopic (exact) mass is 295 g/mol. The number of hydrogen-bond donors (Lipinski definition) is 1. The second kappa shape index (κ2) is 7.97. The summed E-state index contributed by atoms with van der Waals surface area (Å²) in [5.41, 5.74) is 0. The molecule has 118 valence electrons. The first-order chi connectivity index (χ1) is 10.3. The van der Waals surface area contributed by atoms with Gasteiger partial charge in [-0.05, 0) is 20.8 Å². The topological polar surface area (TPSA) is 72.4 Å². The number of ether oxygens (including phenoxy) is 2. The zero-order valence-electron chi connectivity index (χ0n) is 13.1. The lowest BCUT2D eigenvalue weighted by Crippen LogP contribution is -2.28. The Kier molecular flexibility index (Phi) is 5.98. The summed E-state index contributed by atoms with van der Waals surface area (Å²) < 4.78 is 11.3. The van der Waals surface area contributed by atoms with Crippen molar-refractivity contribution in [3.8, 4) is 6.01 Å². The zero-order valence-corrected chi connectivity index (χ0v) is 13.1. The maximum absolute atomic E-state index is 5.91. The molecule has 1 aliphatic rings. The van der Waals surface area contributed by atoms with E-state index in [9.17, 15) is 0 Å². The molecular formula is C14H25N5O2. The van der Waals surface area contributed by atoms with E-state index in [4.69, 9.17) is 9.47 Å². The Morgan fingerprint density at radius 1 is 1.14 bits per heavy atom. The largest absolute Gasteiger partial charge is 0.460 e. The van der Waals surface area contributed by atoms with E-state index in [0.29, 0.717) is 17.9 Å². The number of aromatic nitrogens is 3. The molecule has 1 aromatic heterocycles. The van der Waals surface area contributed by atoms with Gasteiger partial charge in [0.1, 0.15) is 6.10 Å². The van der Waals surface area contributed by atoms with Gasteiger partial charge in [-0.2, -0.15) is 15.0 Å². The quantitative estimate of drug-likeness (QED) is 0.821. The van der Waals surface area contributed by atoms with Gasteiger partial charge in [0, 0.05) is 32.5 Å². The molecule has 1 aromatic rings. The SMILES string of the molecule is CCNc1nc(OC2CCOCC2)nc(N(CC)CC)n1. The Morgan fingerprint density at radius 3 is 2.48 bits per heavy atom. The molecule has 1 N–H and O–H groups in total. The minimum Gasteiger partial charge on any atom is -0.460 e. The van der Waals surface area contributed by atoms with Crippen molar-refractivity contribution in [3.63, 3.8) is 0 Å². The van der Waals surface area contributed by atoms with Crippen LogP contribution in [0.5, 0.6) is 6.01 Å². The van der Waals surface area contributed by atoms with E-state index < -0.39 is 0 Å². The van der Waals surface area contributed by atoms with E-state index in [1.54, 1.807) is 0 Å². The van der Waals surface area contributed by atoms with Crippen LogP contribution >= 0.6 is 0 Å². The first-order valence-corrected chi connectivity index (χ1v) is 7.76. The van der Waals surface area contributed by atoms with Gasteiger partial charge in [-0.25, -0.2) is 0 Å². The molecule has 1 aliphatic heterocycles. The molecule has 0 aromatic carbocycles. The summed E-state index contributed by atoms with van der Waals surface area (Å²) in [5.74, 6) is 1.23. The van der Waals surface area contributed by atoms with Crippen LogP contribution in [0.15, 0.2) is 0 Å². The molecule has 0 saturated carbocycles. The minimum absolute atomic E-state index is 0.125. The summed E-state index contributed by atoms with van der Waals surface area (Å²) in [7, 11) is 0. The maximum atomic E-state index is 5.91. The van der Waals surface area contributed by atoms with Crippen molar-refractivity contribution in [3.05, 3.63) is 0 Å². The summed E-state index contributed by atoms with van der Waals surface area (Å²) in [6, 6.07) is 0.398. The summed E-state index contributed by atoms with van der Waals surface area (Å²) in [6.45, 7) is 10.1. The molecule has 2 heterocycles. The molecule has 0 amide bonds. The van der Waals surface area contributed by atoms with Gasteiger partial charge in [-0.15, -0.1) is 0 Å². The Morgan fingerprint density at radius 2 is 1.86 bits per heavy atom. The van der Waals surface area contributed by atoms with Gasteiger partial charge in [0.2, 0.25) is 11.9 Å². The van der Waals surface area contributed by atoms with E-state index in [0.717, 1.165) is 45.7 Å². The lowest BCUT2D eigenvalue weighted by molar-refractivity contribution is 0.0217. The van der Waals surface area contributed by atoms with Crippen LogP contribution in [-0.2, 0) is 4.74 Å². The van der Waals surface area contributed by atoms with E-state index in [1.165, 1.54) is 0 Å². The third-order valence-corrected chi connectivity index (χ3v) is 3.42. The van der Waals surface area contributed by atoms with Crippen LogP contribution in [0, 0.1) is 0 Å². The van der Waals surface area contributed by atoms with Gasteiger partial charge in [-0.3, -0.25) is 0 Å². The highest BCUT2D eigenvalue weighted by Crippen LogP contribution is 2.18. The smallest absolute Gasteiger partial charge is 0.323 e. The van der Waals surface area contributed by atoms with E-state index >= 15 is 0 Å². The summed E-state index contributed by atoms with van der Waals surface area (Å²) >= 11 is 0. The molecule has 7 nitrogen and oxygen atoms in total. The Balaban J connectivity index is 2.17. The maximum Gasteiger partial charge on any atom is 0.323 e. The molecule has 0 spiro atoms. The first kappa shape index (κ1) is 15.8. The molecule has 0 aliphatic carbocycles. The number of anilines is 2. The number of rotatable bonds is 7. The molecule has 1 fully saturated rings. The second-order valence-electron chi connectivity index (χ2n) is 4.87. The van der Waals surface area contributed by atoms with Crippen LogP contribution < -0.4 is 15.0 Å². The van der Waals surface area contributed by atoms with Crippen LogP contribution in [-0.4, -0.2) is 53.9 Å². The predicted octanol–water partition coefficient (Wildman–Crippen LogP) is 1.71. The average molecular weight is 295 g/mol. The van der Waals surface area contributed by atoms with Crippen LogP contribution in [0.1, 0.15) is 33.6 Å². The fraction of sp³-hybridized carbons (Fsp3) is 0.786. The van der Waals surface area contributed by atoms with Gasteiger partial charge in [-0.1, -0.05) is 0 Å². The van der Waals surface area contributed by atoms with E-state index in [-0.39, 0.29) is 6.10 Å². The molecule has 0 bridgehead atoms. The summed E-state index contributed by atoms with van der Waals surface area (Å²) in [6.07, 6.45) is 1.88. The van der Waals surface area contributed by atoms with Gasteiger partial charge in [0.05, 0.1) is 13.2 Å². The average Bonchev–Trinajstić information content (AvgIpc) is 2.50. The standard InChI is InChI=1S/C14H25N5O2/c1-4-15-12-16-13(19(5-2)6-3)18-14(17-12)21-11-7-9-20-10-8-11/h11H,4-10H2,1-3H3,(H,15,16,17,18). The molecule has 1 saturated heterocycles. The van der Waals surface area contributed by atoms with Gasteiger partial charge >= 0.3 is 6.01 Å². The number of hydrogen-bond acceptors (Lipinski definition) is 7. The van der Waals surface area contributed by atoms with Gasteiger partial charge in [0.15, 0.2) is 0 Å². The fourth-order valence-corrected chi connectivity index (χ4v) is 2.23. The van der Waals surface area contributed by atoms with Crippen molar-refractivity contribution in [2.45, 2.75) is 39.7 Å². The molecular weight excluding hydrogens is 270 g/mol. The van der Waals surface area contributed by atoms with Gasteiger partial charge in [0.25, 0.3) is 0 Å². The lowest BCUT2D eigenvalue weighted by atomic mass is 10.2. The van der Waals surface area contributed by atoms with Crippen LogP contribution in [0.25, 0.3) is 0 Å². The predicted molar refractivity (Wildman–Crippen MR) is 82.0 cm³/mol. The third-order valence-electron chi connectivity index (χ3n) is 3.42. The van der Waals surface area contributed by atoms with Crippen molar-refractivity contribution >= 4 is 11.9 Å². The highest BCUT2D eigenvalue weighted by Gasteiger charge is 2.18. The zero-order chi connectivity index (χ0) is 15.1. The molecule has 2 rings (SSSR count). The summed E-state index contributed by atoms with van der Waals surface area (Å²) in [5, 5.41) is 3.14. The van der Waals surface area contributed by atoms with Gasteiger partial charge < -0.3 is 19.7 Å². The Labute approximate surface area is 126 Å². The van der Waals surface area contributed by atoms with Crippen molar-refractivity contribution in [1.82, 2.24) is 15.0 Å². The molecule has 0 atom stereocenters. The number of nitrogens with one attached hydrogen (secondary N) is 1. The van der Waals surface area contributed by atoms with E-state index in [2.05, 4.69) is 39.0 Å². The normalized spacial score (nSPS) is 15.8. The van der Waals surface area contributed by atoms with Crippen molar-refractivity contribution in [2.75, 3.05) is 43.1 Å². The summed E-state index contributed by atoms with van der Waals surface area (Å²) in [4.78, 5) is 15.3. The highest BCUT2D eigenvalue weighted by atomic mass is 16.5. The molecule has 0 radical (unpaired) electrons. The van der Waals surface area contributed by atoms with Crippen molar-refractivity contribution in [1.29, 1.82) is 0 Å². The third kappa shape index (κ3) is 4.42. The first-order valence-electron chi connectivity index (χ1n) is 7.76. The molecule has 21 heavy (non-hydrogen) atoms. The number of nitrogens with zero attached hydrogens (tertiary/aromatic N) is 4. The van der Waals surface area contributed by atoms with Crippen LogP contribution in [0.4, 0.5) is 11.9 Å². The minimum atomic E-state index is 0.125. The molecule has 7 heteroatoms. The highest BCUT2D eigenvalue weighted by molar-refractivity contribution is 5.38. The second-order valence-corrected chi connectivity index (χ2v) is 4.87. The van der Waals surface area contributed by atoms with Crippen molar-refractivity contribution < 1.29 is 9.47 Å². The van der Waals surface area contributed by atoms with E-state index in [1.807, 2.05) is 6.92 Å². The Hall–Kier alpha value is -1.63.